The zero-order chi connectivity index (χ0) is 15.1. The van der Waals surface area contributed by atoms with Gasteiger partial charge in [0.25, 0.3) is 5.56 Å². The topological polar surface area (TPSA) is 67.0 Å². The van der Waals surface area contributed by atoms with Crippen molar-refractivity contribution in [2.45, 2.75) is 51.5 Å². The lowest BCUT2D eigenvalue weighted by Crippen LogP contribution is -2.23. The first-order chi connectivity index (χ1) is 10.2. The summed E-state index contributed by atoms with van der Waals surface area (Å²) in [6.07, 6.45) is 6.05. The summed E-state index contributed by atoms with van der Waals surface area (Å²) in [6.45, 7) is 4.31. The Balaban J connectivity index is 1.97. The summed E-state index contributed by atoms with van der Waals surface area (Å²) in [4.78, 5) is 19.4. The Hall–Kier alpha value is -1.20. The van der Waals surface area contributed by atoms with Crippen molar-refractivity contribution in [3.63, 3.8) is 0 Å². The summed E-state index contributed by atoms with van der Waals surface area (Å²) in [7, 11) is 1.68. The van der Waals surface area contributed by atoms with Gasteiger partial charge >= 0.3 is 0 Å². The van der Waals surface area contributed by atoms with E-state index in [9.17, 15) is 4.79 Å². The van der Waals surface area contributed by atoms with Crippen LogP contribution in [0, 0.1) is 5.92 Å². The van der Waals surface area contributed by atoms with Gasteiger partial charge in [-0.2, -0.15) is 0 Å². The van der Waals surface area contributed by atoms with Crippen molar-refractivity contribution >= 4 is 0 Å². The fraction of sp³-hybridized carbons (Fsp3) is 0.750. The molecule has 21 heavy (non-hydrogen) atoms. The second-order valence-corrected chi connectivity index (χ2v) is 5.92. The number of nitrogens with one attached hydrogen (secondary N) is 2. The number of H-pyrrole nitrogens is 1. The van der Waals surface area contributed by atoms with Gasteiger partial charge in [-0.15, -0.1) is 0 Å². The lowest BCUT2D eigenvalue weighted by Gasteiger charge is -2.27. The number of hydrogen-bond donors (Lipinski definition) is 2. The number of aromatic nitrogens is 2. The number of aromatic amines is 1. The van der Waals surface area contributed by atoms with Crippen LogP contribution in [0.1, 0.15) is 56.5 Å². The normalized spacial score (nSPS) is 22.4. The van der Waals surface area contributed by atoms with Gasteiger partial charge < -0.3 is 15.0 Å². The van der Waals surface area contributed by atoms with E-state index in [1.807, 2.05) is 0 Å². The van der Waals surface area contributed by atoms with Crippen LogP contribution in [-0.2, 0) is 11.3 Å². The third-order valence-corrected chi connectivity index (χ3v) is 4.41. The highest BCUT2D eigenvalue weighted by molar-refractivity contribution is 5.07. The maximum atomic E-state index is 11.8. The van der Waals surface area contributed by atoms with E-state index in [2.05, 4.69) is 22.2 Å². The molecule has 1 aliphatic rings. The van der Waals surface area contributed by atoms with Crippen LogP contribution in [0.5, 0.6) is 0 Å². The van der Waals surface area contributed by atoms with Crippen molar-refractivity contribution in [3.05, 3.63) is 27.9 Å². The van der Waals surface area contributed by atoms with Crippen LogP contribution in [0.3, 0.4) is 0 Å². The van der Waals surface area contributed by atoms with Crippen molar-refractivity contribution in [2.75, 3.05) is 20.3 Å². The van der Waals surface area contributed by atoms with Crippen molar-refractivity contribution in [1.82, 2.24) is 15.3 Å². The molecule has 0 atom stereocenters. The smallest absolute Gasteiger partial charge is 0.251 e. The predicted molar refractivity (Wildman–Crippen MR) is 83.4 cm³/mol. The highest BCUT2D eigenvalue weighted by atomic mass is 16.5. The number of hydrogen-bond acceptors (Lipinski definition) is 4. The minimum Gasteiger partial charge on any atom is -0.383 e. The quantitative estimate of drug-likeness (QED) is 0.756. The molecule has 0 bridgehead atoms. The van der Waals surface area contributed by atoms with Gasteiger partial charge in [0.05, 0.1) is 12.3 Å². The third-order valence-electron chi connectivity index (χ3n) is 4.41. The van der Waals surface area contributed by atoms with Gasteiger partial charge in [0.15, 0.2) is 0 Å². The highest BCUT2D eigenvalue weighted by Gasteiger charge is 2.23. The number of methoxy groups -OCH3 is 1. The lowest BCUT2D eigenvalue weighted by atomic mass is 9.80. The van der Waals surface area contributed by atoms with Crippen LogP contribution in [0.25, 0.3) is 0 Å². The molecule has 1 saturated carbocycles. The van der Waals surface area contributed by atoms with Crippen molar-refractivity contribution in [3.8, 4) is 0 Å². The first-order valence-corrected chi connectivity index (χ1v) is 8.02. The van der Waals surface area contributed by atoms with Crippen molar-refractivity contribution in [1.29, 1.82) is 0 Å². The van der Waals surface area contributed by atoms with Crippen LogP contribution in [0.4, 0.5) is 0 Å². The molecule has 0 spiro atoms. The zero-order valence-electron chi connectivity index (χ0n) is 13.2. The molecule has 2 N–H and O–H groups in total. The second kappa shape index (κ2) is 8.29. The summed E-state index contributed by atoms with van der Waals surface area (Å²) in [5.41, 5.74) is 0.781. The summed E-state index contributed by atoms with van der Waals surface area (Å²) < 4.78 is 4.99. The van der Waals surface area contributed by atoms with E-state index in [0.29, 0.717) is 19.1 Å². The van der Waals surface area contributed by atoms with E-state index in [4.69, 9.17) is 4.74 Å². The Labute approximate surface area is 126 Å². The van der Waals surface area contributed by atoms with Gasteiger partial charge in [-0.1, -0.05) is 13.3 Å². The van der Waals surface area contributed by atoms with Crippen LogP contribution in [0.2, 0.25) is 0 Å². The molecule has 1 aromatic rings. The number of nitrogens with zero attached hydrogens (tertiary/aromatic N) is 1. The minimum absolute atomic E-state index is 0.0406. The molecule has 2 rings (SSSR count). The Morgan fingerprint density at radius 1 is 1.38 bits per heavy atom. The number of rotatable bonds is 7. The van der Waals surface area contributed by atoms with Crippen molar-refractivity contribution < 1.29 is 4.74 Å². The molecular weight excluding hydrogens is 266 g/mol. The molecule has 0 radical (unpaired) electrons. The molecule has 0 aliphatic heterocycles. The summed E-state index contributed by atoms with van der Waals surface area (Å²) in [5.74, 6) is 2.15. The highest BCUT2D eigenvalue weighted by Crippen LogP contribution is 2.35. The Morgan fingerprint density at radius 3 is 2.81 bits per heavy atom. The fourth-order valence-electron chi connectivity index (χ4n) is 3.05. The molecule has 1 heterocycles. The maximum Gasteiger partial charge on any atom is 0.251 e. The summed E-state index contributed by atoms with van der Waals surface area (Å²) in [5, 5.41) is 3.24. The summed E-state index contributed by atoms with van der Waals surface area (Å²) in [6, 6.07) is 1.58. The van der Waals surface area contributed by atoms with Crippen LogP contribution >= 0.6 is 0 Å². The zero-order valence-corrected chi connectivity index (χ0v) is 13.2. The molecular formula is C16H27N3O2. The summed E-state index contributed by atoms with van der Waals surface area (Å²) >= 11 is 0. The van der Waals surface area contributed by atoms with Gasteiger partial charge in [0.2, 0.25) is 0 Å². The minimum atomic E-state index is -0.0406. The Kier molecular flexibility index (Phi) is 6.39. The average Bonchev–Trinajstić information content (AvgIpc) is 2.51. The largest absolute Gasteiger partial charge is 0.383 e. The van der Waals surface area contributed by atoms with Crippen LogP contribution < -0.4 is 10.9 Å². The Morgan fingerprint density at radius 2 is 2.14 bits per heavy atom. The van der Waals surface area contributed by atoms with E-state index in [1.54, 1.807) is 13.2 Å². The molecule has 0 amide bonds. The van der Waals surface area contributed by atoms with E-state index in [1.165, 1.54) is 19.3 Å². The first kappa shape index (κ1) is 16.2. The van der Waals surface area contributed by atoms with Crippen LogP contribution in [-0.4, -0.2) is 30.2 Å². The van der Waals surface area contributed by atoms with E-state index < -0.39 is 0 Å². The monoisotopic (exact) mass is 293 g/mol. The molecule has 5 nitrogen and oxygen atoms in total. The standard InChI is InChI=1S/C16H27N3O2/c1-3-12-4-6-13(7-5-12)16-18-14(10-15(20)19-16)11-17-8-9-21-2/h10,12-13,17H,3-9,11H2,1-2H3,(H,18,19,20). The second-order valence-electron chi connectivity index (χ2n) is 5.92. The SMILES string of the molecule is CCC1CCC(c2nc(CNCCOC)cc(=O)[nH]2)CC1. The van der Waals surface area contributed by atoms with Gasteiger partial charge in [-0.25, -0.2) is 4.98 Å². The van der Waals surface area contributed by atoms with Crippen LogP contribution in [0.15, 0.2) is 10.9 Å². The average molecular weight is 293 g/mol. The first-order valence-electron chi connectivity index (χ1n) is 8.02. The molecule has 0 unspecified atom stereocenters. The van der Waals surface area contributed by atoms with Gasteiger partial charge in [0.1, 0.15) is 5.82 Å². The maximum absolute atomic E-state index is 11.8. The Bertz CT molecular complexity index is 479. The molecule has 1 aromatic heterocycles. The van der Waals surface area contributed by atoms with Crippen molar-refractivity contribution in [2.24, 2.45) is 5.92 Å². The van der Waals surface area contributed by atoms with Gasteiger partial charge in [0, 0.05) is 32.2 Å². The molecule has 1 fully saturated rings. The molecule has 0 saturated heterocycles. The third kappa shape index (κ3) is 4.93. The van der Waals surface area contributed by atoms with E-state index in [0.717, 1.165) is 36.8 Å². The molecule has 5 heteroatoms. The molecule has 1 aliphatic carbocycles. The van der Waals surface area contributed by atoms with Gasteiger partial charge in [-0.05, 0) is 31.6 Å². The molecule has 0 aromatic carbocycles. The van der Waals surface area contributed by atoms with E-state index >= 15 is 0 Å². The fourth-order valence-corrected chi connectivity index (χ4v) is 3.05. The molecule has 118 valence electrons. The van der Waals surface area contributed by atoms with Gasteiger partial charge in [-0.3, -0.25) is 4.79 Å². The predicted octanol–water partition coefficient (Wildman–Crippen LogP) is 2.19. The lowest BCUT2D eigenvalue weighted by molar-refractivity contribution is 0.199. The number of ether oxygens (including phenoxy) is 1. The van der Waals surface area contributed by atoms with E-state index in [-0.39, 0.29) is 5.56 Å².